The smallest absolute Gasteiger partial charge is 0.410 e. The number of hydrogen-bond acceptors (Lipinski definition) is 22. The normalized spacial score (nSPS) is 20.3. The Labute approximate surface area is 577 Å². The van der Waals surface area contributed by atoms with Crippen molar-refractivity contribution in [3.63, 3.8) is 0 Å². The highest BCUT2D eigenvalue weighted by atomic mass is 16.7. The Bertz CT molecular complexity index is 2840. The zero-order chi connectivity index (χ0) is 73.2. The van der Waals surface area contributed by atoms with Crippen LogP contribution in [-0.2, 0) is 82.9 Å². The van der Waals surface area contributed by atoms with E-state index >= 15 is 0 Å². The third-order valence-electron chi connectivity index (χ3n) is 17.9. The predicted octanol–water partition coefficient (Wildman–Crippen LogP) is 5.06. The summed E-state index contributed by atoms with van der Waals surface area (Å²) in [4.78, 5) is 119. The second-order valence-electron chi connectivity index (χ2n) is 25.6. The van der Waals surface area contributed by atoms with Crippen molar-refractivity contribution in [3.05, 3.63) is 59.7 Å². The van der Waals surface area contributed by atoms with Crippen molar-refractivity contribution in [2.24, 2.45) is 29.6 Å². The highest BCUT2D eigenvalue weighted by Gasteiger charge is 2.46. The van der Waals surface area contributed by atoms with Crippen LogP contribution in [0.15, 0.2) is 48.5 Å². The Hall–Kier alpha value is -6.77. The molecule has 0 bridgehead atoms. The summed E-state index contributed by atoms with van der Waals surface area (Å²) < 4.78 is 51.2. The second-order valence-corrected chi connectivity index (χ2v) is 25.6. The average molecular weight is 1380 g/mol. The van der Waals surface area contributed by atoms with Gasteiger partial charge in [-0.15, -0.1) is 6.42 Å². The van der Waals surface area contributed by atoms with Crippen LogP contribution in [0.1, 0.15) is 137 Å². The summed E-state index contributed by atoms with van der Waals surface area (Å²) >= 11 is 0. The number of methoxy groups -OCH3 is 2. The molecule has 6 N–H and O–H groups in total. The van der Waals surface area contributed by atoms with Crippen molar-refractivity contribution in [1.29, 1.82) is 0 Å². The van der Waals surface area contributed by atoms with E-state index in [1.54, 1.807) is 56.7 Å². The third-order valence-corrected chi connectivity index (χ3v) is 17.9. The minimum atomic E-state index is -1.70. The maximum absolute atomic E-state index is 15.0. The fourth-order valence-electron chi connectivity index (χ4n) is 12.2. The van der Waals surface area contributed by atoms with Gasteiger partial charge < -0.3 is 88.4 Å². The number of nitrogens with one attached hydrogen (secondary N) is 2. The van der Waals surface area contributed by atoms with E-state index < -0.39 is 115 Å². The van der Waals surface area contributed by atoms with Gasteiger partial charge in [0.1, 0.15) is 43.1 Å². The Kier molecular flexibility index (Phi) is 39.3. The summed E-state index contributed by atoms with van der Waals surface area (Å²) in [5.41, 5.74) is 1.07. The van der Waals surface area contributed by atoms with Crippen molar-refractivity contribution in [2.45, 2.75) is 200 Å². The molecule has 5 amide bonds. The quantitative estimate of drug-likeness (QED) is 0.0373. The van der Waals surface area contributed by atoms with E-state index in [0.29, 0.717) is 84.0 Å². The molecule has 0 saturated carbocycles. The molecule has 4 rings (SSSR count). The van der Waals surface area contributed by atoms with Gasteiger partial charge in [0.05, 0.1) is 101 Å². The number of hydrogen-bond donors (Lipinski definition) is 6. The number of likely N-dealkylation sites (tertiary alicyclic amines) is 1. The average Bonchev–Trinajstić information content (AvgIpc) is 1.27. The molecule has 2 aliphatic rings. The molecule has 2 fully saturated rings. The number of likely N-dealkylation sites (N-methyl/N-ethyl adjacent to an activating group) is 2. The van der Waals surface area contributed by atoms with E-state index in [4.69, 9.17) is 58.6 Å². The van der Waals surface area contributed by atoms with E-state index in [9.17, 15) is 54.0 Å². The molecule has 15 atom stereocenters. The van der Waals surface area contributed by atoms with Crippen LogP contribution in [0.2, 0.25) is 0 Å². The zero-order valence-corrected chi connectivity index (χ0v) is 59.4. The Morgan fingerprint density at radius 1 is 0.776 bits per heavy atom. The molecule has 2 saturated heterocycles. The number of aliphatic hydroxyl groups excluding tert-OH is 4. The maximum Gasteiger partial charge on any atom is 0.410 e. The summed E-state index contributed by atoms with van der Waals surface area (Å²) in [6, 6.07) is 10.7. The van der Waals surface area contributed by atoms with Gasteiger partial charge in [-0.1, -0.05) is 91.1 Å². The molecule has 0 radical (unpaired) electrons. The molecule has 2 heterocycles. The fraction of sp³-hybridized carbons (Fsp3) is 0.690. The first kappa shape index (κ1) is 85.5. The summed E-state index contributed by atoms with van der Waals surface area (Å²) in [6.45, 7) is 18.9. The molecular weight excluding hydrogens is 1270 g/mol. The van der Waals surface area contributed by atoms with Gasteiger partial charge in [-0.25, -0.2) is 4.79 Å². The molecule has 2 aromatic rings. The van der Waals surface area contributed by atoms with Crippen molar-refractivity contribution in [2.75, 3.05) is 93.0 Å². The number of carbonyl (C=O) groups is 7. The van der Waals surface area contributed by atoms with Crippen LogP contribution in [0, 0.1) is 41.9 Å². The van der Waals surface area contributed by atoms with Gasteiger partial charge in [-0.3, -0.25) is 28.8 Å². The summed E-state index contributed by atoms with van der Waals surface area (Å²) in [6.07, 6.45) is -3.11. The minimum Gasteiger partial charge on any atom is -0.462 e. The number of nitrogens with zero attached hydrogens (tertiary/aromatic N) is 3. The number of Topliss-reactive ketones (excluding diaryl/α,β-unsaturated/α-hetero) is 2. The van der Waals surface area contributed by atoms with Crippen LogP contribution in [0.5, 0.6) is 5.75 Å². The maximum atomic E-state index is 15.0. The number of aliphatic hydroxyl groups is 4. The molecule has 0 spiro atoms. The van der Waals surface area contributed by atoms with Gasteiger partial charge in [0.25, 0.3) is 0 Å². The first-order valence-corrected chi connectivity index (χ1v) is 33.8. The highest BCUT2D eigenvalue weighted by Crippen LogP contribution is 2.34. The van der Waals surface area contributed by atoms with Gasteiger partial charge in [0.15, 0.2) is 5.78 Å². The van der Waals surface area contributed by atoms with E-state index in [1.807, 2.05) is 45.9 Å². The van der Waals surface area contributed by atoms with Crippen LogP contribution in [0.3, 0.4) is 0 Å². The van der Waals surface area contributed by atoms with Crippen LogP contribution in [0.4, 0.5) is 10.5 Å². The van der Waals surface area contributed by atoms with Gasteiger partial charge in [0.2, 0.25) is 29.9 Å². The number of ketones is 2. The fourth-order valence-corrected chi connectivity index (χ4v) is 12.2. The second kappa shape index (κ2) is 45.1. The molecule has 2 unspecified atom stereocenters. The number of amides is 5. The third kappa shape index (κ3) is 27.1. The lowest BCUT2D eigenvalue weighted by Crippen LogP contribution is -2.58. The van der Waals surface area contributed by atoms with Gasteiger partial charge >= 0.3 is 12.2 Å². The number of rotatable bonds is 43. The lowest BCUT2D eigenvalue weighted by Gasteiger charge is -2.41. The molecule has 2 aliphatic heterocycles. The van der Waals surface area contributed by atoms with Crippen LogP contribution < -0.4 is 15.4 Å². The number of ether oxygens (including phenoxy) is 9. The monoisotopic (exact) mass is 1380 g/mol. The first-order valence-electron chi connectivity index (χ1n) is 33.8. The molecule has 550 valence electrons. The van der Waals surface area contributed by atoms with Crippen LogP contribution in [-0.4, -0.2) is 237 Å². The van der Waals surface area contributed by atoms with E-state index in [1.165, 1.54) is 46.4 Å². The summed E-state index contributed by atoms with van der Waals surface area (Å²) in [5, 5.41) is 48.5. The highest BCUT2D eigenvalue weighted by molar-refractivity contribution is 5.94. The lowest BCUT2D eigenvalue weighted by atomic mass is 9.83. The molecule has 2 aromatic carbocycles. The SMILES string of the molecule is C#CCOCCOCCOCCOCCCC(=O)CCC(=O)Nc1ccc(O[C@@H]2OC(C)[C@@H](O)[C@H](O)C2O)c(COC(=O)N(C)[C@H](C(=O)C[C@H](C(=O)N(C)[C@@H]([C@@H](C)CC)[C@@H](CC(=O)N2CCC[C@H]2[C@H](OC)[C@@H](C)C(=O)N[C@H](C)[C@@H](O)c2ccccc2)OC)C(C)C)C(C)C)c1.O=C=O. The number of benzene rings is 2. The van der Waals surface area contributed by atoms with Crippen molar-refractivity contribution in [3.8, 4) is 18.1 Å². The number of anilines is 1. The van der Waals surface area contributed by atoms with Crippen LogP contribution in [0.25, 0.3) is 0 Å². The topological polar surface area (TPSA) is 351 Å². The molecule has 0 aromatic heterocycles. The van der Waals surface area contributed by atoms with Crippen molar-refractivity contribution in [1.82, 2.24) is 20.0 Å². The van der Waals surface area contributed by atoms with Gasteiger partial charge in [-0.2, -0.15) is 9.59 Å². The zero-order valence-electron chi connectivity index (χ0n) is 59.4. The summed E-state index contributed by atoms with van der Waals surface area (Å²) in [5.74, 6) is -2.11. The Balaban J connectivity index is 0.00000817. The summed E-state index contributed by atoms with van der Waals surface area (Å²) in [7, 11) is 6.09. The molecule has 98 heavy (non-hydrogen) atoms. The van der Waals surface area contributed by atoms with E-state index in [2.05, 4.69) is 16.6 Å². The van der Waals surface area contributed by atoms with Gasteiger partial charge in [-0.05, 0) is 74.6 Å². The Morgan fingerprint density at radius 3 is 1.98 bits per heavy atom. The largest absolute Gasteiger partial charge is 0.462 e. The predicted molar refractivity (Wildman–Crippen MR) is 358 cm³/mol. The minimum absolute atomic E-state index is 0.0168. The first-order chi connectivity index (χ1) is 46.6. The number of carbonyl (C=O) groups excluding carboxylic acids is 9. The van der Waals surface area contributed by atoms with E-state index in [-0.39, 0.29) is 97.2 Å². The molecule has 27 heteroatoms. The van der Waals surface area contributed by atoms with Crippen molar-refractivity contribution >= 4 is 53.1 Å². The Morgan fingerprint density at radius 2 is 1.40 bits per heavy atom. The molecule has 27 nitrogen and oxygen atoms in total. The van der Waals surface area contributed by atoms with Gasteiger partial charge in [0, 0.05) is 84.3 Å². The van der Waals surface area contributed by atoms with Crippen molar-refractivity contribution < 1.29 is 106 Å². The van der Waals surface area contributed by atoms with Crippen LogP contribution >= 0.6 is 0 Å². The number of terminal acetylenes is 1. The molecule has 0 aliphatic carbocycles. The molecular formula is C71H109N5O22. The standard InChI is InChI=1S/C70H109N5O20.CO2/c1-15-31-89-33-35-91-37-38-92-36-34-90-32-21-24-52(76)27-29-58(78)72-51-26-28-56(95-69-65(83)64(82)63(81)48(10)94-69)50(39-51)42-93-70(86)74(12)60(44(5)6)55(77)40-53(43(3)4)68(85)73(11)61(45(7)16-2)57(87-13)41-59(79)75-30-20-25-54(75)66(88-14)46(8)67(84)71-47(9)62(80)49-22-18-17-19-23-49;2-1-3/h1,17-19,22-23,26,28,39,43-48,53-54,57,60-66,69,80-83H,16,20-21,24-25,27,29-38,40-42H2,2-14H3,(H,71,84)(H,72,78);/t45-,46+,47+,48?,53-,54-,57+,60-,61-,62+,63+,64-,65?,66+,69-;/m0./s1. The van der Waals surface area contributed by atoms with E-state index in [0.717, 1.165) is 4.90 Å². The lowest BCUT2D eigenvalue weighted by molar-refractivity contribution is -0.268.